The van der Waals surface area contributed by atoms with E-state index in [0.717, 1.165) is 20.8 Å². The molecule has 24 heavy (non-hydrogen) atoms. The Morgan fingerprint density at radius 1 is 1.42 bits per heavy atom. The Hall–Kier alpha value is -1.95. The van der Waals surface area contributed by atoms with Gasteiger partial charge >= 0.3 is 0 Å². The number of thioether (sulfide) groups is 1. The number of anilines is 1. The third kappa shape index (κ3) is 3.15. The number of amides is 1. The molecule has 0 spiro atoms. The van der Waals surface area contributed by atoms with Crippen molar-refractivity contribution in [3.8, 4) is 6.07 Å². The van der Waals surface area contributed by atoms with E-state index in [4.69, 9.17) is 5.26 Å². The molecule has 1 atom stereocenters. The number of carbonyl (C=O) groups excluding carboxylic acids is 1. The van der Waals surface area contributed by atoms with Crippen LogP contribution in [-0.4, -0.2) is 21.1 Å². The topological polar surface area (TPSA) is 78.7 Å². The SMILES string of the molecule is Cc1sc2ncnc(S[C@@H](C)C(=O)Nc3sccc3C#N)c2c1C. The second-order valence-corrected chi connectivity index (χ2v) is 8.62. The van der Waals surface area contributed by atoms with Gasteiger partial charge in [0.05, 0.1) is 10.8 Å². The van der Waals surface area contributed by atoms with Crippen molar-refractivity contribution in [2.24, 2.45) is 0 Å². The van der Waals surface area contributed by atoms with Crippen LogP contribution in [0.4, 0.5) is 5.00 Å². The van der Waals surface area contributed by atoms with Crippen LogP contribution in [0.1, 0.15) is 22.9 Å². The van der Waals surface area contributed by atoms with E-state index in [0.29, 0.717) is 10.6 Å². The first-order valence-corrected chi connectivity index (χ1v) is 9.74. The first-order valence-electron chi connectivity index (χ1n) is 7.17. The molecule has 0 aromatic carbocycles. The lowest BCUT2D eigenvalue weighted by molar-refractivity contribution is -0.115. The normalized spacial score (nSPS) is 12.1. The van der Waals surface area contributed by atoms with E-state index in [-0.39, 0.29) is 11.2 Å². The highest BCUT2D eigenvalue weighted by atomic mass is 32.2. The summed E-state index contributed by atoms with van der Waals surface area (Å²) in [6.45, 7) is 5.95. The molecule has 3 aromatic rings. The monoisotopic (exact) mass is 374 g/mol. The highest BCUT2D eigenvalue weighted by Gasteiger charge is 2.20. The lowest BCUT2D eigenvalue weighted by Crippen LogP contribution is -2.22. The van der Waals surface area contributed by atoms with Crippen LogP contribution in [0.25, 0.3) is 10.2 Å². The molecular formula is C16H14N4OS3. The van der Waals surface area contributed by atoms with Crippen molar-refractivity contribution in [1.29, 1.82) is 5.26 Å². The van der Waals surface area contributed by atoms with Crippen molar-refractivity contribution < 1.29 is 4.79 Å². The highest BCUT2D eigenvalue weighted by molar-refractivity contribution is 8.00. The molecule has 0 fully saturated rings. The Balaban J connectivity index is 1.81. The second kappa shape index (κ2) is 6.89. The number of nitriles is 1. The number of rotatable bonds is 4. The summed E-state index contributed by atoms with van der Waals surface area (Å²) in [5.74, 6) is -0.143. The molecular weight excluding hydrogens is 360 g/mol. The number of carbonyl (C=O) groups is 1. The number of nitrogens with one attached hydrogen (secondary N) is 1. The van der Waals surface area contributed by atoms with Crippen LogP contribution in [0, 0.1) is 25.2 Å². The van der Waals surface area contributed by atoms with Crippen molar-refractivity contribution in [3.05, 3.63) is 33.8 Å². The number of aryl methyl sites for hydroxylation is 2. The van der Waals surface area contributed by atoms with Gasteiger partial charge in [0.25, 0.3) is 0 Å². The van der Waals surface area contributed by atoms with E-state index in [1.165, 1.54) is 34.3 Å². The predicted molar refractivity (Wildman–Crippen MR) is 99.9 cm³/mol. The first kappa shape index (κ1) is 16.9. The Morgan fingerprint density at radius 2 is 2.21 bits per heavy atom. The maximum atomic E-state index is 12.4. The molecule has 0 unspecified atom stereocenters. The summed E-state index contributed by atoms with van der Waals surface area (Å²) in [5.41, 5.74) is 1.65. The van der Waals surface area contributed by atoms with Crippen molar-refractivity contribution in [3.63, 3.8) is 0 Å². The van der Waals surface area contributed by atoms with Crippen LogP contribution < -0.4 is 5.32 Å². The van der Waals surface area contributed by atoms with E-state index in [1.807, 2.05) is 6.92 Å². The summed E-state index contributed by atoms with van der Waals surface area (Å²) in [5, 5.41) is 15.7. The molecule has 1 N–H and O–H groups in total. The Morgan fingerprint density at radius 3 is 2.96 bits per heavy atom. The number of fused-ring (bicyclic) bond motifs is 1. The third-order valence-corrected chi connectivity index (χ3v) is 6.66. The fourth-order valence-corrected chi connectivity index (χ4v) is 4.95. The van der Waals surface area contributed by atoms with Crippen molar-refractivity contribution in [1.82, 2.24) is 9.97 Å². The van der Waals surface area contributed by atoms with Crippen molar-refractivity contribution in [2.45, 2.75) is 31.0 Å². The minimum atomic E-state index is -0.337. The summed E-state index contributed by atoms with van der Waals surface area (Å²) < 4.78 is 0. The van der Waals surface area contributed by atoms with E-state index < -0.39 is 0 Å². The molecule has 3 rings (SSSR count). The van der Waals surface area contributed by atoms with Gasteiger partial charge in [-0.1, -0.05) is 11.8 Å². The number of thiophene rings is 2. The maximum Gasteiger partial charge on any atom is 0.238 e. The van der Waals surface area contributed by atoms with Gasteiger partial charge in [-0.25, -0.2) is 9.97 Å². The van der Waals surface area contributed by atoms with Gasteiger partial charge in [-0.2, -0.15) is 5.26 Å². The van der Waals surface area contributed by atoms with Gasteiger partial charge in [-0.3, -0.25) is 4.79 Å². The van der Waals surface area contributed by atoms with Gasteiger partial charge in [0.1, 0.15) is 27.3 Å². The van der Waals surface area contributed by atoms with Crippen molar-refractivity contribution in [2.75, 3.05) is 5.32 Å². The van der Waals surface area contributed by atoms with Crippen LogP contribution in [0.2, 0.25) is 0 Å². The molecule has 0 saturated heterocycles. The van der Waals surface area contributed by atoms with Gasteiger partial charge < -0.3 is 5.32 Å². The zero-order valence-electron chi connectivity index (χ0n) is 13.3. The zero-order chi connectivity index (χ0) is 17.3. The fraction of sp³-hybridized carbons (Fsp3) is 0.250. The Labute approximate surface area is 151 Å². The lowest BCUT2D eigenvalue weighted by atomic mass is 10.2. The summed E-state index contributed by atoms with van der Waals surface area (Å²) in [4.78, 5) is 23.3. The summed E-state index contributed by atoms with van der Waals surface area (Å²) in [6, 6.07) is 3.77. The molecule has 8 heteroatoms. The minimum absolute atomic E-state index is 0.143. The molecule has 0 aliphatic carbocycles. The average molecular weight is 375 g/mol. The fourth-order valence-electron chi connectivity index (χ4n) is 2.17. The Kier molecular flexibility index (Phi) is 4.85. The highest BCUT2D eigenvalue weighted by Crippen LogP contribution is 2.36. The number of hydrogen-bond acceptors (Lipinski definition) is 7. The molecule has 0 radical (unpaired) electrons. The average Bonchev–Trinajstić information content (AvgIpc) is 3.12. The van der Waals surface area contributed by atoms with Crippen LogP contribution in [0.15, 0.2) is 22.8 Å². The molecule has 122 valence electrons. The number of aromatic nitrogens is 2. The summed E-state index contributed by atoms with van der Waals surface area (Å²) in [6.07, 6.45) is 1.54. The molecule has 1 amide bonds. The summed E-state index contributed by atoms with van der Waals surface area (Å²) >= 11 is 4.39. The lowest BCUT2D eigenvalue weighted by Gasteiger charge is -2.11. The van der Waals surface area contributed by atoms with Gasteiger partial charge in [0.15, 0.2) is 0 Å². The van der Waals surface area contributed by atoms with Crippen LogP contribution >= 0.6 is 34.4 Å². The first-order chi connectivity index (χ1) is 11.5. The molecule has 0 aliphatic rings. The molecule has 0 bridgehead atoms. The Bertz CT molecular complexity index is 954. The van der Waals surface area contributed by atoms with Crippen LogP contribution in [0.3, 0.4) is 0 Å². The third-order valence-electron chi connectivity index (χ3n) is 3.61. The number of nitrogens with zero attached hydrogens (tertiary/aromatic N) is 3. The standard InChI is InChI=1S/C16H14N4OS3/c1-8-9(2)23-15-12(8)16(19-7-18-15)24-10(3)13(21)20-14-11(6-17)4-5-22-14/h4-5,7,10H,1-3H3,(H,20,21)/t10-/m0/s1. The van der Waals surface area contributed by atoms with Gasteiger partial charge in [0, 0.05) is 10.3 Å². The van der Waals surface area contributed by atoms with Crippen molar-refractivity contribution >= 4 is 55.6 Å². The molecule has 0 aliphatic heterocycles. The second-order valence-electron chi connectivity index (χ2n) is 5.17. The van der Waals surface area contributed by atoms with E-state index in [2.05, 4.69) is 35.2 Å². The largest absolute Gasteiger partial charge is 0.316 e. The van der Waals surface area contributed by atoms with Gasteiger partial charge in [-0.15, -0.1) is 22.7 Å². The quantitative estimate of drug-likeness (QED) is 0.542. The van der Waals surface area contributed by atoms with Gasteiger partial charge in [0.2, 0.25) is 5.91 Å². The minimum Gasteiger partial charge on any atom is -0.316 e. The van der Waals surface area contributed by atoms with Crippen LogP contribution in [0.5, 0.6) is 0 Å². The van der Waals surface area contributed by atoms with E-state index >= 15 is 0 Å². The number of hydrogen-bond donors (Lipinski definition) is 1. The van der Waals surface area contributed by atoms with E-state index in [9.17, 15) is 4.79 Å². The van der Waals surface area contributed by atoms with Gasteiger partial charge in [-0.05, 0) is 37.8 Å². The van der Waals surface area contributed by atoms with E-state index in [1.54, 1.807) is 22.8 Å². The summed E-state index contributed by atoms with van der Waals surface area (Å²) in [7, 11) is 0. The molecule has 5 nitrogen and oxygen atoms in total. The zero-order valence-corrected chi connectivity index (χ0v) is 15.7. The molecule has 3 heterocycles. The van der Waals surface area contributed by atoms with Crippen LogP contribution in [-0.2, 0) is 4.79 Å². The maximum absolute atomic E-state index is 12.4. The molecule has 3 aromatic heterocycles. The predicted octanol–water partition coefficient (Wildman–Crippen LogP) is 4.36. The smallest absolute Gasteiger partial charge is 0.238 e. The molecule has 0 saturated carbocycles.